The van der Waals surface area contributed by atoms with Crippen LogP contribution in [0.4, 0.5) is 5.82 Å². The summed E-state index contributed by atoms with van der Waals surface area (Å²) in [5, 5.41) is 4.94. The second-order valence-corrected chi connectivity index (χ2v) is 7.07. The summed E-state index contributed by atoms with van der Waals surface area (Å²) in [6.45, 7) is 2.19. The Kier molecular flexibility index (Phi) is 3.77. The van der Waals surface area contributed by atoms with Crippen molar-refractivity contribution < 1.29 is 0 Å². The minimum absolute atomic E-state index is 0.581. The number of rotatable bonds is 3. The molecule has 2 saturated carbocycles. The number of H-pyrrole nitrogens is 1. The van der Waals surface area contributed by atoms with Gasteiger partial charge < -0.3 is 10.3 Å². The summed E-state index contributed by atoms with van der Waals surface area (Å²) in [7, 11) is 0. The van der Waals surface area contributed by atoms with Crippen LogP contribution in [0.2, 0.25) is 0 Å². The molecule has 3 atom stereocenters. The lowest BCUT2D eigenvalue weighted by Gasteiger charge is -2.39. The summed E-state index contributed by atoms with van der Waals surface area (Å²) >= 11 is 0. The normalized spacial score (nSPS) is 28.5. The smallest absolute Gasteiger partial charge is 0.143 e. The van der Waals surface area contributed by atoms with Crippen LogP contribution in [0.1, 0.15) is 57.4 Å². The molecule has 0 radical (unpaired) electrons. The van der Waals surface area contributed by atoms with Gasteiger partial charge in [-0.25, -0.2) is 9.97 Å². The van der Waals surface area contributed by atoms with Gasteiger partial charge in [-0.2, -0.15) is 0 Å². The average Bonchev–Trinajstić information content (AvgIpc) is 2.99. The number of aryl methyl sites for hydroxylation is 1. The minimum Gasteiger partial charge on any atom is -0.367 e. The van der Waals surface area contributed by atoms with E-state index in [4.69, 9.17) is 0 Å². The third-order valence-electron chi connectivity index (χ3n) is 5.81. The quantitative estimate of drug-likeness (QED) is 0.888. The van der Waals surface area contributed by atoms with Gasteiger partial charge in [0, 0.05) is 12.2 Å². The fourth-order valence-electron chi connectivity index (χ4n) is 4.61. The molecule has 2 N–H and O–H groups in total. The monoisotopic (exact) mass is 298 g/mol. The van der Waals surface area contributed by atoms with Crippen molar-refractivity contribution in [2.24, 2.45) is 11.8 Å². The van der Waals surface area contributed by atoms with E-state index < -0.39 is 0 Å². The number of aromatic nitrogens is 3. The van der Waals surface area contributed by atoms with Crippen molar-refractivity contribution in [3.8, 4) is 0 Å². The SMILES string of the molecule is CCc1c[nH]c2ncnc(NC3CCC4CCCCC4C3)c12. The summed E-state index contributed by atoms with van der Waals surface area (Å²) in [5.41, 5.74) is 2.27. The van der Waals surface area contributed by atoms with Crippen molar-refractivity contribution in [2.45, 2.75) is 64.3 Å². The van der Waals surface area contributed by atoms with Gasteiger partial charge in [-0.1, -0.05) is 32.6 Å². The lowest BCUT2D eigenvalue weighted by Crippen LogP contribution is -2.34. The molecule has 2 aromatic rings. The number of nitrogens with zero attached hydrogens (tertiary/aromatic N) is 2. The van der Waals surface area contributed by atoms with Crippen molar-refractivity contribution in [1.29, 1.82) is 0 Å². The van der Waals surface area contributed by atoms with E-state index in [0.717, 1.165) is 29.7 Å². The largest absolute Gasteiger partial charge is 0.367 e. The van der Waals surface area contributed by atoms with Gasteiger partial charge in [-0.15, -0.1) is 0 Å². The van der Waals surface area contributed by atoms with Gasteiger partial charge in [0.25, 0.3) is 0 Å². The Labute approximate surface area is 132 Å². The molecule has 2 heterocycles. The summed E-state index contributed by atoms with van der Waals surface area (Å²) < 4.78 is 0. The molecule has 3 unspecified atom stereocenters. The van der Waals surface area contributed by atoms with Gasteiger partial charge in [-0.05, 0) is 43.1 Å². The molecular formula is C18H26N4. The summed E-state index contributed by atoms with van der Waals surface area (Å²) in [4.78, 5) is 12.2. The van der Waals surface area contributed by atoms with Crippen LogP contribution < -0.4 is 5.32 Å². The maximum absolute atomic E-state index is 4.54. The standard InChI is InChI=1S/C18H26N4/c1-2-12-10-19-17-16(12)18(21-11-20-17)22-15-8-7-13-5-3-4-6-14(13)9-15/h10-11,13-15H,2-9H2,1H3,(H2,19,20,21,22). The Morgan fingerprint density at radius 1 is 1.14 bits per heavy atom. The van der Waals surface area contributed by atoms with Crippen molar-refractivity contribution in [2.75, 3.05) is 5.32 Å². The first-order valence-corrected chi connectivity index (χ1v) is 8.92. The van der Waals surface area contributed by atoms with Gasteiger partial charge >= 0.3 is 0 Å². The molecule has 4 rings (SSSR count). The Balaban J connectivity index is 1.55. The number of fused-ring (bicyclic) bond motifs is 2. The molecule has 22 heavy (non-hydrogen) atoms. The fourth-order valence-corrected chi connectivity index (χ4v) is 4.61. The summed E-state index contributed by atoms with van der Waals surface area (Å²) in [5.74, 6) is 2.97. The highest BCUT2D eigenvalue weighted by Gasteiger charge is 2.32. The molecule has 0 aliphatic heterocycles. The van der Waals surface area contributed by atoms with Gasteiger partial charge in [0.2, 0.25) is 0 Å². The molecule has 4 heteroatoms. The van der Waals surface area contributed by atoms with E-state index in [9.17, 15) is 0 Å². The van der Waals surface area contributed by atoms with E-state index in [0.29, 0.717) is 6.04 Å². The molecule has 0 aromatic carbocycles. The lowest BCUT2D eigenvalue weighted by molar-refractivity contribution is 0.162. The predicted molar refractivity (Wildman–Crippen MR) is 90.0 cm³/mol. The Morgan fingerprint density at radius 2 is 2.00 bits per heavy atom. The van der Waals surface area contributed by atoms with E-state index >= 15 is 0 Å². The van der Waals surface area contributed by atoms with E-state index in [1.165, 1.54) is 55.9 Å². The highest BCUT2D eigenvalue weighted by atomic mass is 15.1. The van der Waals surface area contributed by atoms with E-state index in [2.05, 4.69) is 33.4 Å². The number of nitrogens with one attached hydrogen (secondary N) is 2. The number of anilines is 1. The van der Waals surface area contributed by atoms with E-state index in [1.54, 1.807) is 6.33 Å². The first-order chi connectivity index (χ1) is 10.8. The molecule has 0 amide bonds. The molecule has 118 valence electrons. The van der Waals surface area contributed by atoms with Crippen molar-refractivity contribution in [1.82, 2.24) is 15.0 Å². The Hall–Kier alpha value is -1.58. The minimum atomic E-state index is 0.581. The van der Waals surface area contributed by atoms with Crippen LogP contribution in [0.3, 0.4) is 0 Å². The van der Waals surface area contributed by atoms with Gasteiger partial charge in [-0.3, -0.25) is 0 Å². The van der Waals surface area contributed by atoms with Crippen LogP contribution in [-0.4, -0.2) is 21.0 Å². The van der Waals surface area contributed by atoms with Crippen LogP contribution in [0.25, 0.3) is 11.0 Å². The average molecular weight is 298 g/mol. The molecule has 0 saturated heterocycles. The van der Waals surface area contributed by atoms with Crippen LogP contribution in [-0.2, 0) is 6.42 Å². The second kappa shape index (κ2) is 5.90. The predicted octanol–water partition coefficient (Wildman–Crippen LogP) is 4.29. The molecule has 2 aromatic heterocycles. The zero-order chi connectivity index (χ0) is 14.9. The molecule has 0 spiro atoms. The summed E-state index contributed by atoms with van der Waals surface area (Å²) in [6.07, 6.45) is 14.6. The molecular weight excluding hydrogens is 272 g/mol. The summed E-state index contributed by atoms with van der Waals surface area (Å²) in [6, 6.07) is 0.581. The second-order valence-electron chi connectivity index (χ2n) is 7.07. The first-order valence-electron chi connectivity index (χ1n) is 8.92. The Bertz CT molecular complexity index is 648. The number of hydrogen-bond acceptors (Lipinski definition) is 3. The van der Waals surface area contributed by atoms with Gasteiger partial charge in [0.1, 0.15) is 17.8 Å². The van der Waals surface area contributed by atoms with Crippen molar-refractivity contribution in [3.63, 3.8) is 0 Å². The molecule has 2 fully saturated rings. The lowest BCUT2D eigenvalue weighted by atomic mass is 9.69. The Morgan fingerprint density at radius 3 is 2.86 bits per heavy atom. The topological polar surface area (TPSA) is 53.6 Å². The van der Waals surface area contributed by atoms with Crippen LogP contribution >= 0.6 is 0 Å². The highest BCUT2D eigenvalue weighted by molar-refractivity contribution is 5.90. The molecule has 4 nitrogen and oxygen atoms in total. The molecule has 2 aliphatic carbocycles. The number of aromatic amines is 1. The fraction of sp³-hybridized carbons (Fsp3) is 0.667. The number of hydrogen-bond donors (Lipinski definition) is 2. The molecule has 2 aliphatic rings. The van der Waals surface area contributed by atoms with Crippen LogP contribution in [0, 0.1) is 11.8 Å². The van der Waals surface area contributed by atoms with Crippen molar-refractivity contribution in [3.05, 3.63) is 18.1 Å². The van der Waals surface area contributed by atoms with Crippen LogP contribution in [0.5, 0.6) is 0 Å². The van der Waals surface area contributed by atoms with Gasteiger partial charge in [0.05, 0.1) is 5.39 Å². The first kappa shape index (κ1) is 14.0. The van der Waals surface area contributed by atoms with E-state index in [1.807, 2.05) is 0 Å². The zero-order valence-corrected chi connectivity index (χ0v) is 13.4. The van der Waals surface area contributed by atoms with Gasteiger partial charge in [0.15, 0.2) is 0 Å². The third-order valence-corrected chi connectivity index (χ3v) is 5.81. The third kappa shape index (κ3) is 2.49. The molecule has 0 bridgehead atoms. The van der Waals surface area contributed by atoms with Crippen LogP contribution in [0.15, 0.2) is 12.5 Å². The zero-order valence-electron chi connectivity index (χ0n) is 13.4. The van der Waals surface area contributed by atoms with E-state index in [-0.39, 0.29) is 0 Å². The maximum Gasteiger partial charge on any atom is 0.143 e. The maximum atomic E-state index is 4.54. The van der Waals surface area contributed by atoms with Crippen molar-refractivity contribution >= 4 is 16.9 Å². The highest BCUT2D eigenvalue weighted by Crippen LogP contribution is 2.41.